The number of hydrogen-bond acceptors (Lipinski definition) is 6. The number of benzene rings is 1. The van der Waals surface area contributed by atoms with Crippen LogP contribution in [0.2, 0.25) is 0 Å². The molecular formula is C19H15FN2O4S. The average molecular weight is 386 g/mol. The summed E-state index contributed by atoms with van der Waals surface area (Å²) in [6.45, 7) is 1.46. The van der Waals surface area contributed by atoms with E-state index in [0.717, 1.165) is 5.56 Å². The fraction of sp³-hybridized carbons (Fsp3) is 0.105. The molecule has 0 saturated carbocycles. The molecule has 0 aliphatic carbocycles. The van der Waals surface area contributed by atoms with Gasteiger partial charge in [0.15, 0.2) is 11.2 Å². The maximum atomic E-state index is 13.0. The normalized spacial score (nSPS) is 12.1. The number of rotatable bonds is 6. The van der Waals surface area contributed by atoms with Gasteiger partial charge in [-0.3, -0.25) is 10.1 Å². The maximum Gasteiger partial charge on any atom is 0.331 e. The highest BCUT2D eigenvalue weighted by molar-refractivity contribution is 7.14. The van der Waals surface area contributed by atoms with Crippen molar-refractivity contribution in [3.63, 3.8) is 0 Å². The van der Waals surface area contributed by atoms with E-state index in [1.165, 1.54) is 48.8 Å². The van der Waals surface area contributed by atoms with Crippen LogP contribution < -0.4 is 5.32 Å². The lowest BCUT2D eigenvalue weighted by Gasteiger charge is -2.10. The van der Waals surface area contributed by atoms with Crippen molar-refractivity contribution in [2.24, 2.45) is 0 Å². The van der Waals surface area contributed by atoms with Crippen LogP contribution in [0.25, 0.3) is 17.3 Å². The molecule has 0 aliphatic heterocycles. The number of hydrogen-bond donors (Lipinski definition) is 1. The Bertz CT molecular complexity index is 949. The minimum atomic E-state index is -1.00. The summed E-state index contributed by atoms with van der Waals surface area (Å²) in [4.78, 5) is 28.2. The molecule has 0 spiro atoms. The van der Waals surface area contributed by atoms with Crippen molar-refractivity contribution >= 4 is 34.4 Å². The molecule has 27 heavy (non-hydrogen) atoms. The van der Waals surface area contributed by atoms with E-state index < -0.39 is 18.0 Å². The van der Waals surface area contributed by atoms with E-state index >= 15 is 0 Å². The summed E-state index contributed by atoms with van der Waals surface area (Å²) < 4.78 is 23.1. The first-order valence-corrected chi connectivity index (χ1v) is 8.84. The predicted molar refractivity (Wildman–Crippen MR) is 99.4 cm³/mol. The van der Waals surface area contributed by atoms with Gasteiger partial charge >= 0.3 is 5.97 Å². The van der Waals surface area contributed by atoms with E-state index in [0.29, 0.717) is 16.6 Å². The number of esters is 1. The largest absolute Gasteiger partial charge is 0.465 e. The Labute approximate surface area is 158 Å². The monoisotopic (exact) mass is 386 g/mol. The lowest BCUT2D eigenvalue weighted by Crippen LogP contribution is -2.29. The van der Waals surface area contributed by atoms with Crippen LogP contribution >= 0.6 is 11.3 Å². The molecule has 3 aromatic rings. The zero-order chi connectivity index (χ0) is 19.2. The highest BCUT2D eigenvalue weighted by Gasteiger charge is 2.18. The summed E-state index contributed by atoms with van der Waals surface area (Å²) >= 11 is 1.22. The fourth-order valence-electron chi connectivity index (χ4n) is 2.09. The minimum Gasteiger partial charge on any atom is -0.465 e. The third-order valence-corrected chi connectivity index (χ3v) is 4.22. The molecular weight excluding hydrogens is 371 g/mol. The molecule has 2 heterocycles. The van der Waals surface area contributed by atoms with E-state index in [9.17, 15) is 14.0 Å². The Morgan fingerprint density at radius 3 is 2.78 bits per heavy atom. The highest BCUT2D eigenvalue weighted by atomic mass is 32.1. The van der Waals surface area contributed by atoms with Gasteiger partial charge in [0, 0.05) is 17.0 Å². The molecule has 1 amide bonds. The first-order valence-electron chi connectivity index (χ1n) is 7.96. The van der Waals surface area contributed by atoms with Gasteiger partial charge in [0.2, 0.25) is 0 Å². The SMILES string of the molecule is CC(OC(=O)/C=C/c1ccco1)C(=O)Nc1nc(-c2ccc(F)cc2)cs1. The van der Waals surface area contributed by atoms with Gasteiger partial charge in [-0.05, 0) is 49.4 Å². The second-order valence-electron chi connectivity index (χ2n) is 5.46. The van der Waals surface area contributed by atoms with Gasteiger partial charge < -0.3 is 9.15 Å². The molecule has 3 rings (SSSR count). The molecule has 1 N–H and O–H groups in total. The third-order valence-electron chi connectivity index (χ3n) is 3.46. The second kappa shape index (κ2) is 8.41. The number of aromatic nitrogens is 1. The van der Waals surface area contributed by atoms with Crippen LogP contribution in [-0.4, -0.2) is 23.0 Å². The smallest absolute Gasteiger partial charge is 0.331 e. The van der Waals surface area contributed by atoms with E-state index in [1.807, 2.05) is 0 Å². The second-order valence-corrected chi connectivity index (χ2v) is 6.32. The molecule has 0 saturated heterocycles. The summed E-state index contributed by atoms with van der Waals surface area (Å²) in [5, 5.41) is 4.69. The van der Waals surface area contributed by atoms with Crippen molar-refractivity contribution in [1.82, 2.24) is 4.98 Å². The van der Waals surface area contributed by atoms with Crippen molar-refractivity contribution in [2.75, 3.05) is 5.32 Å². The molecule has 1 aromatic carbocycles. The van der Waals surface area contributed by atoms with Crippen LogP contribution in [-0.2, 0) is 14.3 Å². The van der Waals surface area contributed by atoms with Crippen molar-refractivity contribution in [3.8, 4) is 11.3 Å². The molecule has 0 aliphatic rings. The molecule has 0 radical (unpaired) electrons. The van der Waals surface area contributed by atoms with Crippen molar-refractivity contribution in [3.05, 3.63) is 65.7 Å². The van der Waals surface area contributed by atoms with Gasteiger partial charge in [-0.25, -0.2) is 14.2 Å². The molecule has 0 fully saturated rings. The van der Waals surface area contributed by atoms with Gasteiger partial charge in [0.25, 0.3) is 5.91 Å². The van der Waals surface area contributed by atoms with Crippen LogP contribution in [0.5, 0.6) is 0 Å². The lowest BCUT2D eigenvalue weighted by atomic mass is 10.2. The Kier molecular flexibility index (Phi) is 5.77. The van der Waals surface area contributed by atoms with Crippen molar-refractivity contribution in [1.29, 1.82) is 0 Å². The molecule has 6 nitrogen and oxygen atoms in total. The van der Waals surface area contributed by atoms with Crippen LogP contribution in [0.1, 0.15) is 12.7 Å². The number of halogens is 1. The van der Waals surface area contributed by atoms with Crippen LogP contribution in [0.3, 0.4) is 0 Å². The maximum absolute atomic E-state index is 13.0. The quantitative estimate of drug-likeness (QED) is 0.509. The topological polar surface area (TPSA) is 81.4 Å². The van der Waals surface area contributed by atoms with Gasteiger partial charge in [0.05, 0.1) is 12.0 Å². The van der Waals surface area contributed by atoms with E-state index in [-0.39, 0.29) is 5.82 Å². The Balaban J connectivity index is 1.55. The number of amides is 1. The Hall–Kier alpha value is -3.26. The fourth-order valence-corrected chi connectivity index (χ4v) is 2.82. The first-order chi connectivity index (χ1) is 13.0. The van der Waals surface area contributed by atoms with Gasteiger partial charge in [-0.1, -0.05) is 0 Å². The molecule has 1 atom stereocenters. The van der Waals surface area contributed by atoms with Crippen molar-refractivity contribution in [2.45, 2.75) is 13.0 Å². The summed E-state index contributed by atoms with van der Waals surface area (Å²) in [5.74, 6) is -1.01. The molecule has 138 valence electrons. The van der Waals surface area contributed by atoms with Gasteiger partial charge in [-0.2, -0.15) is 0 Å². The van der Waals surface area contributed by atoms with Crippen LogP contribution in [0, 0.1) is 5.82 Å². The standard InChI is InChI=1S/C19H15FN2O4S/c1-12(26-17(23)9-8-15-3-2-10-25-15)18(24)22-19-21-16(11-27-19)13-4-6-14(20)7-5-13/h2-12H,1H3,(H,21,22,24)/b9-8+. The molecule has 2 aromatic heterocycles. The molecule has 1 unspecified atom stereocenters. The predicted octanol–water partition coefficient (Wildman–Crippen LogP) is 4.13. The number of nitrogens with zero attached hydrogens (tertiary/aromatic N) is 1. The highest BCUT2D eigenvalue weighted by Crippen LogP contribution is 2.25. The summed E-state index contributed by atoms with van der Waals surface area (Å²) in [5.41, 5.74) is 1.34. The number of carbonyl (C=O) groups excluding carboxylic acids is 2. The number of anilines is 1. The summed E-state index contributed by atoms with van der Waals surface area (Å²) in [7, 11) is 0. The zero-order valence-electron chi connectivity index (χ0n) is 14.2. The van der Waals surface area contributed by atoms with E-state index in [4.69, 9.17) is 9.15 Å². The van der Waals surface area contributed by atoms with E-state index in [1.54, 1.807) is 29.6 Å². The summed E-state index contributed by atoms with van der Waals surface area (Å²) in [6, 6.07) is 9.25. The van der Waals surface area contributed by atoms with Crippen LogP contribution in [0.4, 0.5) is 9.52 Å². The lowest BCUT2D eigenvalue weighted by molar-refractivity contribution is -0.148. The number of carbonyl (C=O) groups is 2. The Morgan fingerprint density at radius 2 is 2.07 bits per heavy atom. The van der Waals surface area contributed by atoms with Crippen LogP contribution in [0.15, 0.2) is 58.5 Å². The van der Waals surface area contributed by atoms with Gasteiger partial charge in [-0.15, -0.1) is 11.3 Å². The number of nitrogens with one attached hydrogen (secondary N) is 1. The number of ether oxygens (including phenoxy) is 1. The van der Waals surface area contributed by atoms with Crippen molar-refractivity contribution < 1.29 is 23.1 Å². The molecule has 8 heteroatoms. The minimum absolute atomic E-state index is 0.334. The Morgan fingerprint density at radius 1 is 1.30 bits per heavy atom. The van der Waals surface area contributed by atoms with Gasteiger partial charge in [0.1, 0.15) is 11.6 Å². The first kappa shape index (κ1) is 18.5. The number of thiazole rings is 1. The average Bonchev–Trinajstić information content (AvgIpc) is 3.32. The summed E-state index contributed by atoms with van der Waals surface area (Å²) in [6.07, 6.45) is 3.10. The number of furan rings is 1. The zero-order valence-corrected chi connectivity index (χ0v) is 15.0. The molecule has 0 bridgehead atoms. The third kappa shape index (κ3) is 5.11. The van der Waals surface area contributed by atoms with E-state index in [2.05, 4.69) is 10.3 Å².